The molecule has 27 heavy (non-hydrogen) atoms. The molecule has 3 rings (SSSR count). The number of ether oxygens (including phenoxy) is 1. The fourth-order valence-electron chi connectivity index (χ4n) is 2.82. The van der Waals surface area contributed by atoms with Crippen molar-refractivity contribution in [3.8, 4) is 16.2 Å². The molecule has 0 saturated heterocycles. The molecule has 0 aliphatic rings. The van der Waals surface area contributed by atoms with Crippen LogP contribution in [-0.4, -0.2) is 18.9 Å². The molecule has 0 radical (unpaired) electrons. The predicted molar refractivity (Wildman–Crippen MR) is 108 cm³/mol. The highest BCUT2D eigenvalue weighted by Crippen LogP contribution is 2.35. The third-order valence-electron chi connectivity index (χ3n) is 4.13. The van der Waals surface area contributed by atoms with Crippen LogP contribution in [0.25, 0.3) is 10.4 Å². The number of thiophene rings is 1. The minimum Gasteiger partial charge on any atom is -0.496 e. The van der Waals surface area contributed by atoms with E-state index in [2.05, 4.69) is 5.32 Å². The minimum absolute atomic E-state index is 0.196. The van der Waals surface area contributed by atoms with E-state index in [1.807, 2.05) is 55.5 Å². The molecule has 0 unspecified atom stereocenters. The lowest BCUT2D eigenvalue weighted by Crippen LogP contribution is -2.17. The number of hydrogen-bond donors (Lipinski definition) is 2. The highest BCUT2D eigenvalue weighted by atomic mass is 32.1. The van der Waals surface area contributed by atoms with Gasteiger partial charge in [0.15, 0.2) is 0 Å². The zero-order valence-corrected chi connectivity index (χ0v) is 15.9. The van der Waals surface area contributed by atoms with Crippen LogP contribution in [0.2, 0.25) is 0 Å². The Morgan fingerprint density at radius 3 is 2.48 bits per heavy atom. The average molecular weight is 380 g/mol. The third kappa shape index (κ3) is 4.35. The molecule has 6 heteroatoms. The fourth-order valence-corrected chi connectivity index (χ4v) is 3.90. The zero-order chi connectivity index (χ0) is 19.4. The van der Waals surface area contributed by atoms with Gasteiger partial charge in [0.1, 0.15) is 10.8 Å². The normalized spacial score (nSPS) is 10.4. The van der Waals surface area contributed by atoms with Gasteiger partial charge >= 0.3 is 0 Å². The summed E-state index contributed by atoms with van der Waals surface area (Å²) in [7, 11) is 1.61. The van der Waals surface area contributed by atoms with Gasteiger partial charge in [0, 0.05) is 4.88 Å². The topological polar surface area (TPSA) is 81.4 Å². The number of methoxy groups -OCH3 is 1. The predicted octanol–water partition coefficient (Wildman–Crippen LogP) is 4.01. The zero-order valence-electron chi connectivity index (χ0n) is 15.1. The van der Waals surface area contributed by atoms with E-state index < -0.39 is 5.91 Å². The van der Waals surface area contributed by atoms with Crippen molar-refractivity contribution < 1.29 is 14.3 Å². The fraction of sp³-hybridized carbons (Fsp3) is 0.143. The molecule has 1 heterocycles. The first-order valence-corrected chi connectivity index (χ1v) is 9.22. The standard InChI is InChI=1S/C21H20N2O3S/c1-13-10-14(8-9-17(13)26-2)11-19(24)23-21-16(20(22)25)12-18(27-21)15-6-4-3-5-7-15/h3-10,12H,11H2,1-2H3,(H2,22,25)(H,23,24). The smallest absolute Gasteiger partial charge is 0.251 e. The van der Waals surface area contributed by atoms with Gasteiger partial charge in [0.05, 0.1) is 19.1 Å². The molecule has 0 fully saturated rings. The molecule has 0 bridgehead atoms. The summed E-state index contributed by atoms with van der Waals surface area (Å²) >= 11 is 1.34. The third-order valence-corrected chi connectivity index (χ3v) is 5.23. The summed E-state index contributed by atoms with van der Waals surface area (Å²) < 4.78 is 5.24. The van der Waals surface area contributed by atoms with Gasteiger partial charge in [0.25, 0.3) is 5.91 Å². The summed E-state index contributed by atoms with van der Waals surface area (Å²) in [6, 6.07) is 17.0. The molecule has 3 aromatic rings. The largest absolute Gasteiger partial charge is 0.496 e. The van der Waals surface area contributed by atoms with Crippen LogP contribution < -0.4 is 15.8 Å². The van der Waals surface area contributed by atoms with Gasteiger partial charge in [-0.3, -0.25) is 9.59 Å². The van der Waals surface area contributed by atoms with Crippen molar-refractivity contribution in [2.24, 2.45) is 5.73 Å². The molecule has 2 aromatic carbocycles. The summed E-state index contributed by atoms with van der Waals surface area (Å²) in [5, 5.41) is 3.30. The number of carbonyl (C=O) groups is 2. The number of rotatable bonds is 6. The van der Waals surface area contributed by atoms with Crippen molar-refractivity contribution in [2.75, 3.05) is 12.4 Å². The lowest BCUT2D eigenvalue weighted by atomic mass is 10.1. The number of carbonyl (C=O) groups excluding carboxylic acids is 2. The second-order valence-electron chi connectivity index (χ2n) is 6.11. The SMILES string of the molecule is COc1ccc(CC(=O)Nc2sc(-c3ccccc3)cc2C(N)=O)cc1C. The van der Waals surface area contributed by atoms with E-state index in [1.54, 1.807) is 13.2 Å². The van der Waals surface area contributed by atoms with Crippen LogP contribution in [0.1, 0.15) is 21.5 Å². The number of amides is 2. The Labute approximate surface area is 161 Å². The van der Waals surface area contributed by atoms with Crippen molar-refractivity contribution in [2.45, 2.75) is 13.3 Å². The minimum atomic E-state index is -0.566. The lowest BCUT2D eigenvalue weighted by Gasteiger charge is -2.08. The summed E-state index contributed by atoms with van der Waals surface area (Å²) in [4.78, 5) is 25.1. The molecule has 0 aliphatic carbocycles. The lowest BCUT2D eigenvalue weighted by molar-refractivity contribution is -0.115. The number of benzene rings is 2. The van der Waals surface area contributed by atoms with Crippen LogP contribution in [0.4, 0.5) is 5.00 Å². The van der Waals surface area contributed by atoms with Crippen LogP contribution in [0, 0.1) is 6.92 Å². The number of aryl methyl sites for hydroxylation is 1. The number of nitrogens with one attached hydrogen (secondary N) is 1. The maximum atomic E-state index is 12.5. The van der Waals surface area contributed by atoms with Crippen LogP contribution >= 0.6 is 11.3 Å². The molecular weight excluding hydrogens is 360 g/mol. The molecule has 0 aliphatic heterocycles. The molecule has 5 nitrogen and oxygen atoms in total. The Morgan fingerprint density at radius 2 is 1.85 bits per heavy atom. The van der Waals surface area contributed by atoms with Gasteiger partial charge in [-0.2, -0.15) is 0 Å². The quantitative estimate of drug-likeness (QED) is 0.678. The Kier molecular flexibility index (Phi) is 5.57. The Morgan fingerprint density at radius 1 is 1.11 bits per heavy atom. The van der Waals surface area contributed by atoms with Crippen molar-refractivity contribution in [1.82, 2.24) is 0 Å². The van der Waals surface area contributed by atoms with Crippen molar-refractivity contribution in [3.63, 3.8) is 0 Å². The van der Waals surface area contributed by atoms with E-state index in [0.717, 1.165) is 27.3 Å². The van der Waals surface area contributed by atoms with Crippen molar-refractivity contribution in [3.05, 3.63) is 71.3 Å². The van der Waals surface area contributed by atoms with E-state index in [0.29, 0.717) is 10.6 Å². The first-order chi connectivity index (χ1) is 13.0. The summed E-state index contributed by atoms with van der Waals surface area (Å²) in [5.41, 5.74) is 8.60. The van der Waals surface area contributed by atoms with Crippen LogP contribution in [0.5, 0.6) is 5.75 Å². The second kappa shape index (κ2) is 8.05. The van der Waals surface area contributed by atoms with Crippen LogP contribution in [0.3, 0.4) is 0 Å². The van der Waals surface area contributed by atoms with E-state index in [4.69, 9.17) is 10.5 Å². The first-order valence-electron chi connectivity index (χ1n) is 8.40. The summed E-state index contributed by atoms with van der Waals surface area (Å²) in [5.74, 6) is 0.00786. The van der Waals surface area contributed by atoms with Crippen molar-refractivity contribution in [1.29, 1.82) is 0 Å². The molecule has 2 amide bonds. The van der Waals surface area contributed by atoms with Gasteiger partial charge in [-0.1, -0.05) is 42.5 Å². The Bertz CT molecular complexity index is 980. The van der Waals surface area contributed by atoms with Gasteiger partial charge < -0.3 is 15.8 Å². The monoisotopic (exact) mass is 380 g/mol. The molecule has 0 spiro atoms. The molecule has 1 aromatic heterocycles. The highest BCUT2D eigenvalue weighted by Gasteiger charge is 2.17. The highest BCUT2D eigenvalue weighted by molar-refractivity contribution is 7.20. The number of primary amides is 1. The molecule has 0 saturated carbocycles. The molecule has 138 valence electrons. The maximum Gasteiger partial charge on any atom is 0.251 e. The summed E-state index contributed by atoms with van der Waals surface area (Å²) in [6.07, 6.45) is 0.196. The van der Waals surface area contributed by atoms with Gasteiger partial charge in [-0.15, -0.1) is 11.3 Å². The van der Waals surface area contributed by atoms with E-state index in [9.17, 15) is 9.59 Å². The van der Waals surface area contributed by atoms with Crippen LogP contribution in [-0.2, 0) is 11.2 Å². The van der Waals surface area contributed by atoms with E-state index in [-0.39, 0.29) is 12.3 Å². The van der Waals surface area contributed by atoms with E-state index >= 15 is 0 Å². The molecule has 0 atom stereocenters. The Balaban J connectivity index is 1.80. The van der Waals surface area contributed by atoms with Crippen LogP contribution in [0.15, 0.2) is 54.6 Å². The van der Waals surface area contributed by atoms with Gasteiger partial charge in [0.2, 0.25) is 5.91 Å². The van der Waals surface area contributed by atoms with Gasteiger partial charge in [-0.05, 0) is 35.7 Å². The second-order valence-corrected chi connectivity index (χ2v) is 7.16. The molecule has 3 N–H and O–H groups in total. The maximum absolute atomic E-state index is 12.5. The van der Waals surface area contributed by atoms with E-state index in [1.165, 1.54) is 11.3 Å². The number of hydrogen-bond acceptors (Lipinski definition) is 4. The number of anilines is 1. The molecular formula is C21H20N2O3S. The van der Waals surface area contributed by atoms with Gasteiger partial charge in [-0.25, -0.2) is 0 Å². The Hall–Kier alpha value is -3.12. The number of nitrogens with two attached hydrogens (primary N) is 1. The van der Waals surface area contributed by atoms with Crippen molar-refractivity contribution >= 4 is 28.2 Å². The first kappa shape index (κ1) is 18.7. The average Bonchev–Trinajstić information content (AvgIpc) is 3.06. The summed E-state index contributed by atoms with van der Waals surface area (Å²) in [6.45, 7) is 1.93.